The molecule has 0 heterocycles. The summed E-state index contributed by atoms with van der Waals surface area (Å²) >= 11 is 0. The van der Waals surface area contributed by atoms with E-state index in [2.05, 4.69) is 38.1 Å². The van der Waals surface area contributed by atoms with Crippen molar-refractivity contribution in [1.29, 1.82) is 0 Å². The second-order valence-corrected chi connectivity index (χ2v) is 6.03. The molecule has 21 heavy (non-hydrogen) atoms. The third kappa shape index (κ3) is 8.23. The molecular weight excluding hydrogens is 260 g/mol. The van der Waals surface area contributed by atoms with E-state index in [1.54, 1.807) is 0 Å². The van der Waals surface area contributed by atoms with E-state index >= 15 is 0 Å². The van der Waals surface area contributed by atoms with Crippen molar-refractivity contribution in [2.45, 2.75) is 64.9 Å². The number of hydrogen-bond acceptors (Lipinski definition) is 2. The summed E-state index contributed by atoms with van der Waals surface area (Å²) in [5, 5.41) is 8.98. The summed E-state index contributed by atoms with van der Waals surface area (Å²) in [6.07, 6.45) is 9.05. The quantitative estimate of drug-likeness (QED) is 0.542. The van der Waals surface area contributed by atoms with Gasteiger partial charge in [0.1, 0.15) is 0 Å². The predicted octanol–water partition coefficient (Wildman–Crippen LogP) is 5.12. The van der Waals surface area contributed by atoms with Crippen molar-refractivity contribution in [1.82, 2.24) is 0 Å². The zero-order valence-corrected chi connectivity index (χ0v) is 13.8. The molecule has 0 spiro atoms. The van der Waals surface area contributed by atoms with E-state index in [9.17, 15) is 0 Å². The Morgan fingerprint density at radius 3 is 2.43 bits per heavy atom. The average molecular weight is 292 g/mol. The van der Waals surface area contributed by atoms with E-state index < -0.39 is 0 Å². The Morgan fingerprint density at radius 1 is 1.00 bits per heavy atom. The third-order valence-electron chi connectivity index (χ3n) is 4.05. The molecule has 0 radical (unpaired) electrons. The van der Waals surface area contributed by atoms with E-state index in [1.807, 2.05) is 6.07 Å². The lowest BCUT2D eigenvalue weighted by Gasteiger charge is -2.20. The zero-order valence-electron chi connectivity index (χ0n) is 13.8. The van der Waals surface area contributed by atoms with Gasteiger partial charge in [-0.05, 0) is 24.3 Å². The van der Waals surface area contributed by atoms with Gasteiger partial charge in [0.25, 0.3) is 0 Å². The number of aliphatic hydroxyl groups is 1. The molecule has 0 amide bonds. The first kappa shape index (κ1) is 18.2. The van der Waals surface area contributed by atoms with Crippen LogP contribution < -0.4 is 0 Å². The summed E-state index contributed by atoms with van der Waals surface area (Å²) in [7, 11) is 0. The van der Waals surface area contributed by atoms with Gasteiger partial charge >= 0.3 is 0 Å². The molecule has 2 heteroatoms. The number of hydrogen-bond donors (Lipinski definition) is 1. The highest BCUT2D eigenvalue weighted by Crippen LogP contribution is 2.26. The van der Waals surface area contributed by atoms with E-state index in [-0.39, 0.29) is 12.7 Å². The minimum atomic E-state index is 0.0932. The van der Waals surface area contributed by atoms with Crippen molar-refractivity contribution in [3.05, 3.63) is 35.9 Å². The van der Waals surface area contributed by atoms with Gasteiger partial charge in [0, 0.05) is 0 Å². The summed E-state index contributed by atoms with van der Waals surface area (Å²) in [5.74, 6) is 0.755. The Kier molecular flexibility index (Phi) is 10.2. The molecule has 2 nitrogen and oxygen atoms in total. The molecule has 0 bridgehead atoms. The molecule has 2 atom stereocenters. The molecule has 0 aliphatic carbocycles. The highest BCUT2D eigenvalue weighted by molar-refractivity contribution is 5.17. The predicted molar refractivity (Wildman–Crippen MR) is 89.4 cm³/mol. The minimum Gasteiger partial charge on any atom is -0.394 e. The highest BCUT2D eigenvalue weighted by atomic mass is 16.5. The van der Waals surface area contributed by atoms with Gasteiger partial charge in [-0.3, -0.25) is 0 Å². The largest absolute Gasteiger partial charge is 0.394 e. The summed E-state index contributed by atoms with van der Waals surface area (Å²) in [6, 6.07) is 10.4. The first-order valence-corrected chi connectivity index (χ1v) is 8.55. The van der Waals surface area contributed by atoms with Crippen LogP contribution in [0.3, 0.4) is 0 Å². The third-order valence-corrected chi connectivity index (χ3v) is 4.05. The fourth-order valence-corrected chi connectivity index (χ4v) is 2.71. The highest BCUT2D eigenvalue weighted by Gasteiger charge is 2.13. The van der Waals surface area contributed by atoms with Crippen LogP contribution in [0.4, 0.5) is 0 Å². The molecule has 1 N–H and O–H groups in total. The van der Waals surface area contributed by atoms with Crippen molar-refractivity contribution in [3.63, 3.8) is 0 Å². The van der Waals surface area contributed by atoms with Crippen LogP contribution in [0, 0.1) is 5.92 Å². The molecule has 2 unspecified atom stereocenters. The van der Waals surface area contributed by atoms with Gasteiger partial charge in [0.15, 0.2) is 0 Å². The zero-order chi connectivity index (χ0) is 15.3. The van der Waals surface area contributed by atoms with Crippen molar-refractivity contribution in [3.8, 4) is 0 Å². The van der Waals surface area contributed by atoms with Gasteiger partial charge in [-0.1, -0.05) is 76.3 Å². The summed E-state index contributed by atoms with van der Waals surface area (Å²) in [6.45, 7) is 5.12. The van der Waals surface area contributed by atoms with E-state index in [4.69, 9.17) is 9.84 Å². The Bertz CT molecular complexity index is 337. The van der Waals surface area contributed by atoms with E-state index in [1.165, 1.54) is 44.1 Å². The molecule has 1 rings (SSSR count). The smallest absolute Gasteiger partial charge is 0.0826 e. The van der Waals surface area contributed by atoms with E-state index in [0.717, 1.165) is 12.3 Å². The average Bonchev–Trinajstić information content (AvgIpc) is 2.52. The number of ether oxygens (including phenoxy) is 1. The second-order valence-electron chi connectivity index (χ2n) is 6.03. The van der Waals surface area contributed by atoms with Crippen LogP contribution in [-0.4, -0.2) is 18.3 Å². The van der Waals surface area contributed by atoms with Gasteiger partial charge in [-0.25, -0.2) is 0 Å². The van der Waals surface area contributed by atoms with Crippen LogP contribution in [0.5, 0.6) is 0 Å². The number of unbranched alkanes of at least 4 members (excludes halogenated alkanes) is 3. The topological polar surface area (TPSA) is 29.5 Å². The van der Waals surface area contributed by atoms with Crippen molar-refractivity contribution in [2.24, 2.45) is 5.92 Å². The Morgan fingerprint density at radius 2 is 1.76 bits per heavy atom. The maximum absolute atomic E-state index is 8.98. The van der Waals surface area contributed by atoms with Crippen molar-refractivity contribution < 1.29 is 9.84 Å². The van der Waals surface area contributed by atoms with Gasteiger partial charge in [-0.2, -0.15) is 0 Å². The summed E-state index contributed by atoms with van der Waals surface area (Å²) in [4.78, 5) is 0. The molecule has 0 aliphatic rings. The van der Waals surface area contributed by atoms with Crippen LogP contribution in [0.25, 0.3) is 0 Å². The van der Waals surface area contributed by atoms with Crippen LogP contribution >= 0.6 is 0 Å². The van der Waals surface area contributed by atoms with Crippen LogP contribution in [0.2, 0.25) is 0 Å². The van der Waals surface area contributed by atoms with Gasteiger partial charge in [-0.15, -0.1) is 0 Å². The molecule has 1 aromatic rings. The molecule has 0 aliphatic heterocycles. The van der Waals surface area contributed by atoms with Gasteiger partial charge in [0.05, 0.1) is 19.3 Å². The standard InChI is InChI=1S/C19H32O2/c1-3-4-5-7-10-17(2)13-14-19(21-16-15-20)18-11-8-6-9-12-18/h6,8-9,11-12,17,19-20H,3-5,7,10,13-16H2,1-2H3. The van der Waals surface area contributed by atoms with Gasteiger partial charge < -0.3 is 9.84 Å². The maximum Gasteiger partial charge on any atom is 0.0826 e. The Balaban J connectivity index is 2.35. The van der Waals surface area contributed by atoms with Crippen LogP contribution in [-0.2, 0) is 4.74 Å². The van der Waals surface area contributed by atoms with Crippen LogP contribution in [0.15, 0.2) is 30.3 Å². The van der Waals surface area contributed by atoms with Gasteiger partial charge in [0.2, 0.25) is 0 Å². The van der Waals surface area contributed by atoms with Crippen molar-refractivity contribution >= 4 is 0 Å². The molecular formula is C19H32O2. The Labute approximate surface area is 130 Å². The molecule has 0 saturated heterocycles. The van der Waals surface area contributed by atoms with E-state index in [0.29, 0.717) is 6.61 Å². The van der Waals surface area contributed by atoms with Crippen LogP contribution in [0.1, 0.15) is 70.5 Å². The fraction of sp³-hybridized carbons (Fsp3) is 0.684. The molecule has 0 saturated carbocycles. The number of rotatable bonds is 12. The fourth-order valence-electron chi connectivity index (χ4n) is 2.71. The SMILES string of the molecule is CCCCCCC(C)CCC(OCCO)c1ccccc1. The number of aliphatic hydroxyl groups excluding tert-OH is 1. The Hall–Kier alpha value is -0.860. The first-order valence-electron chi connectivity index (χ1n) is 8.55. The summed E-state index contributed by atoms with van der Waals surface area (Å²) in [5.41, 5.74) is 1.23. The lowest BCUT2D eigenvalue weighted by atomic mass is 9.94. The minimum absolute atomic E-state index is 0.0932. The second kappa shape index (κ2) is 11.8. The number of benzene rings is 1. The molecule has 0 fully saturated rings. The first-order chi connectivity index (χ1) is 10.3. The lowest BCUT2D eigenvalue weighted by molar-refractivity contribution is 0.0196. The molecule has 0 aromatic heterocycles. The summed E-state index contributed by atoms with van der Waals surface area (Å²) < 4.78 is 5.82. The molecule has 120 valence electrons. The maximum atomic E-state index is 8.98. The molecule has 1 aromatic carbocycles. The normalized spacial score (nSPS) is 14.0. The monoisotopic (exact) mass is 292 g/mol. The van der Waals surface area contributed by atoms with Crippen molar-refractivity contribution in [2.75, 3.05) is 13.2 Å². The lowest BCUT2D eigenvalue weighted by Crippen LogP contribution is -2.09.